The topological polar surface area (TPSA) is 66.8 Å². The van der Waals surface area contributed by atoms with E-state index in [2.05, 4.69) is 0 Å². The fraction of sp³-hybridized carbons (Fsp3) is 0.0833. The van der Waals surface area contributed by atoms with Gasteiger partial charge in [-0.1, -0.05) is 36.4 Å². The van der Waals surface area contributed by atoms with Gasteiger partial charge in [0.2, 0.25) is 0 Å². The third kappa shape index (κ3) is 3.44. The molecule has 3 aromatic rings. The van der Waals surface area contributed by atoms with Crippen molar-refractivity contribution in [2.24, 2.45) is 0 Å². The Balaban J connectivity index is 2.01. The zero-order valence-corrected chi connectivity index (χ0v) is 16.4. The minimum atomic E-state index is -1.25. The van der Waals surface area contributed by atoms with Crippen LogP contribution in [0, 0.1) is 11.6 Å². The maximum atomic E-state index is 14.8. The highest BCUT2D eigenvalue weighted by atomic mass is 19.1. The lowest BCUT2D eigenvalue weighted by atomic mass is 9.94. The number of rotatable bonds is 4. The molecule has 0 aromatic heterocycles. The lowest BCUT2D eigenvalue weighted by Gasteiger charge is -2.25. The van der Waals surface area contributed by atoms with Crippen molar-refractivity contribution in [3.8, 4) is 5.75 Å². The first kappa shape index (κ1) is 20.3. The van der Waals surface area contributed by atoms with Crippen molar-refractivity contribution in [1.29, 1.82) is 0 Å². The first-order valence-electron chi connectivity index (χ1n) is 9.38. The molecule has 0 saturated carbocycles. The second-order valence-corrected chi connectivity index (χ2v) is 6.87. The Kier molecular flexibility index (Phi) is 5.25. The standard InChI is InChI=1S/C24H17F2NO4/c1-31-19-12-11-14(25)13-17(19)22(28)20-21(16-9-5-6-10-18(16)26)27(24(30)23(20)29)15-7-3-2-4-8-15/h2-13,21,28H,1H3/b22-20+. The van der Waals surface area contributed by atoms with Gasteiger partial charge in [0, 0.05) is 11.3 Å². The van der Waals surface area contributed by atoms with Crippen LogP contribution in [0.1, 0.15) is 17.2 Å². The van der Waals surface area contributed by atoms with E-state index >= 15 is 0 Å². The zero-order valence-electron chi connectivity index (χ0n) is 16.4. The molecule has 1 atom stereocenters. The van der Waals surface area contributed by atoms with Crippen LogP contribution >= 0.6 is 0 Å². The number of nitrogens with zero attached hydrogens (tertiary/aromatic N) is 1. The summed E-state index contributed by atoms with van der Waals surface area (Å²) in [6.45, 7) is 0. The van der Waals surface area contributed by atoms with Gasteiger partial charge in [-0.2, -0.15) is 0 Å². The van der Waals surface area contributed by atoms with E-state index in [-0.39, 0.29) is 22.4 Å². The molecule has 7 heteroatoms. The molecule has 156 valence electrons. The molecule has 0 spiro atoms. The summed E-state index contributed by atoms with van der Waals surface area (Å²) < 4.78 is 33.9. The van der Waals surface area contributed by atoms with E-state index in [1.165, 1.54) is 31.4 Å². The average Bonchev–Trinajstić information content (AvgIpc) is 3.04. The van der Waals surface area contributed by atoms with Gasteiger partial charge >= 0.3 is 0 Å². The number of halogens is 2. The van der Waals surface area contributed by atoms with Gasteiger partial charge < -0.3 is 9.84 Å². The van der Waals surface area contributed by atoms with E-state index in [1.54, 1.807) is 36.4 Å². The summed E-state index contributed by atoms with van der Waals surface area (Å²) in [4.78, 5) is 27.1. The average molecular weight is 421 g/mol. The van der Waals surface area contributed by atoms with Crippen molar-refractivity contribution in [1.82, 2.24) is 0 Å². The van der Waals surface area contributed by atoms with Crippen LogP contribution in [0.3, 0.4) is 0 Å². The van der Waals surface area contributed by atoms with Gasteiger partial charge in [-0.15, -0.1) is 0 Å². The highest BCUT2D eigenvalue weighted by molar-refractivity contribution is 6.51. The third-order valence-corrected chi connectivity index (χ3v) is 5.10. The predicted molar refractivity (Wildman–Crippen MR) is 111 cm³/mol. The van der Waals surface area contributed by atoms with E-state index in [4.69, 9.17) is 4.74 Å². The van der Waals surface area contributed by atoms with Crippen LogP contribution in [0.4, 0.5) is 14.5 Å². The quantitative estimate of drug-likeness (QED) is 0.380. The molecule has 1 fully saturated rings. The highest BCUT2D eigenvalue weighted by Gasteiger charge is 2.48. The van der Waals surface area contributed by atoms with E-state index in [0.717, 1.165) is 17.0 Å². The molecule has 5 nitrogen and oxygen atoms in total. The molecule has 4 rings (SSSR count). The number of methoxy groups -OCH3 is 1. The molecule has 0 aliphatic carbocycles. The van der Waals surface area contributed by atoms with Crippen LogP contribution in [0.5, 0.6) is 5.75 Å². The largest absolute Gasteiger partial charge is 0.507 e. The van der Waals surface area contributed by atoms with Gasteiger partial charge in [0.1, 0.15) is 23.1 Å². The molecule has 1 N–H and O–H groups in total. The summed E-state index contributed by atoms with van der Waals surface area (Å²) in [7, 11) is 1.32. The number of anilines is 1. The lowest BCUT2D eigenvalue weighted by molar-refractivity contribution is -0.132. The summed E-state index contributed by atoms with van der Waals surface area (Å²) in [5.74, 6) is -3.84. The first-order chi connectivity index (χ1) is 14.9. The number of Topliss-reactive ketones (excluding diaryl/α,β-unsaturated/α-hetero) is 1. The Hall–Kier alpha value is -4.00. The number of carbonyl (C=O) groups excluding carboxylic acids is 2. The van der Waals surface area contributed by atoms with Crippen molar-refractivity contribution < 1.29 is 28.2 Å². The fourth-order valence-corrected chi connectivity index (χ4v) is 3.69. The van der Waals surface area contributed by atoms with Crippen LogP contribution < -0.4 is 9.64 Å². The van der Waals surface area contributed by atoms with Gasteiger partial charge in [-0.3, -0.25) is 14.5 Å². The van der Waals surface area contributed by atoms with E-state index in [1.807, 2.05) is 0 Å². The minimum absolute atomic E-state index is 0.0162. The van der Waals surface area contributed by atoms with E-state index in [0.29, 0.717) is 5.69 Å². The van der Waals surface area contributed by atoms with Crippen molar-refractivity contribution >= 4 is 23.1 Å². The number of hydrogen-bond donors (Lipinski definition) is 1. The molecule has 1 aliphatic heterocycles. The Bertz CT molecular complexity index is 1210. The number of amides is 1. The highest BCUT2D eigenvalue weighted by Crippen LogP contribution is 2.43. The van der Waals surface area contributed by atoms with Crippen LogP contribution in [0.15, 0.2) is 78.4 Å². The van der Waals surface area contributed by atoms with Crippen LogP contribution in [-0.2, 0) is 9.59 Å². The molecule has 1 saturated heterocycles. The van der Waals surface area contributed by atoms with Crippen LogP contribution in [0.2, 0.25) is 0 Å². The minimum Gasteiger partial charge on any atom is -0.507 e. The molecule has 1 aliphatic rings. The monoisotopic (exact) mass is 421 g/mol. The molecule has 3 aromatic carbocycles. The van der Waals surface area contributed by atoms with E-state index < -0.39 is 35.1 Å². The number of para-hydroxylation sites is 1. The molecular formula is C24H17F2NO4. The van der Waals surface area contributed by atoms with Gasteiger partial charge in [0.15, 0.2) is 0 Å². The number of hydrogen-bond acceptors (Lipinski definition) is 4. The SMILES string of the molecule is COc1ccc(F)cc1/C(O)=C1\C(=O)C(=O)N(c2ccccc2)C1c1ccccc1F. The Morgan fingerprint density at radius 1 is 0.968 bits per heavy atom. The summed E-state index contributed by atoms with van der Waals surface area (Å²) in [6, 6.07) is 16.1. The maximum absolute atomic E-state index is 14.8. The number of benzene rings is 3. The Morgan fingerprint density at radius 2 is 1.65 bits per heavy atom. The van der Waals surface area contributed by atoms with Crippen molar-refractivity contribution in [2.45, 2.75) is 6.04 Å². The van der Waals surface area contributed by atoms with Crippen LogP contribution in [-0.4, -0.2) is 23.9 Å². The number of ketones is 1. The van der Waals surface area contributed by atoms with Gasteiger partial charge in [0.25, 0.3) is 11.7 Å². The molecule has 0 radical (unpaired) electrons. The second kappa shape index (κ2) is 8.02. The maximum Gasteiger partial charge on any atom is 0.300 e. The normalized spacial score (nSPS) is 17.8. The molecule has 0 bridgehead atoms. The van der Waals surface area contributed by atoms with Gasteiger partial charge in [0.05, 0.1) is 24.3 Å². The predicted octanol–water partition coefficient (Wildman–Crippen LogP) is 4.60. The van der Waals surface area contributed by atoms with Gasteiger partial charge in [-0.05, 0) is 36.4 Å². The zero-order chi connectivity index (χ0) is 22.1. The molecule has 31 heavy (non-hydrogen) atoms. The van der Waals surface area contributed by atoms with Crippen molar-refractivity contribution in [2.75, 3.05) is 12.0 Å². The number of aliphatic hydroxyl groups is 1. The summed E-state index contributed by atoms with van der Waals surface area (Å²) in [5, 5.41) is 11.0. The molecule has 1 unspecified atom stereocenters. The third-order valence-electron chi connectivity index (χ3n) is 5.10. The van der Waals surface area contributed by atoms with E-state index in [9.17, 15) is 23.5 Å². The molecule has 1 heterocycles. The Morgan fingerprint density at radius 3 is 2.32 bits per heavy atom. The van der Waals surface area contributed by atoms with Crippen molar-refractivity contribution in [3.63, 3.8) is 0 Å². The summed E-state index contributed by atoms with van der Waals surface area (Å²) in [5.41, 5.74) is -0.108. The second-order valence-electron chi connectivity index (χ2n) is 6.87. The Labute approximate surface area is 176 Å². The number of carbonyl (C=O) groups is 2. The fourth-order valence-electron chi connectivity index (χ4n) is 3.69. The molecule has 1 amide bonds. The van der Waals surface area contributed by atoms with Crippen LogP contribution in [0.25, 0.3) is 5.76 Å². The smallest absolute Gasteiger partial charge is 0.300 e. The molecular weight excluding hydrogens is 404 g/mol. The summed E-state index contributed by atoms with van der Waals surface area (Å²) >= 11 is 0. The summed E-state index contributed by atoms with van der Waals surface area (Å²) in [6.07, 6.45) is 0. The first-order valence-corrected chi connectivity index (χ1v) is 9.38. The van der Waals surface area contributed by atoms with Crippen molar-refractivity contribution in [3.05, 3.63) is 101 Å². The number of ether oxygens (including phenoxy) is 1. The lowest BCUT2D eigenvalue weighted by Crippen LogP contribution is -2.29. The van der Waals surface area contributed by atoms with Gasteiger partial charge in [-0.25, -0.2) is 8.78 Å². The number of aliphatic hydroxyl groups excluding tert-OH is 1.